The van der Waals surface area contributed by atoms with Gasteiger partial charge in [0.1, 0.15) is 0 Å². The van der Waals surface area contributed by atoms with E-state index in [1.807, 2.05) is 25.1 Å². The molecule has 1 rings (SSSR count). The fourth-order valence-corrected chi connectivity index (χ4v) is 2.00. The van der Waals surface area contributed by atoms with Crippen LogP contribution in [0.1, 0.15) is 31.4 Å². The van der Waals surface area contributed by atoms with Gasteiger partial charge in [-0.15, -0.1) is 0 Å². The Morgan fingerprint density at radius 1 is 1.30 bits per heavy atom. The number of benzene rings is 1. The molecule has 0 saturated carbocycles. The van der Waals surface area contributed by atoms with Gasteiger partial charge in [-0.25, -0.2) is 0 Å². The van der Waals surface area contributed by atoms with Gasteiger partial charge in [0.25, 0.3) is 5.91 Å². The SMILES string of the molecule is CCCC(CNC(=O)C(OC)c1ccccc1)C(=O)O. The van der Waals surface area contributed by atoms with E-state index < -0.39 is 18.0 Å². The van der Waals surface area contributed by atoms with E-state index in [9.17, 15) is 9.59 Å². The first kappa shape index (κ1) is 16.2. The van der Waals surface area contributed by atoms with E-state index in [0.717, 1.165) is 12.0 Å². The summed E-state index contributed by atoms with van der Waals surface area (Å²) in [6.45, 7) is 2.04. The smallest absolute Gasteiger partial charge is 0.308 e. The van der Waals surface area contributed by atoms with Crippen LogP contribution in [0.25, 0.3) is 0 Å². The van der Waals surface area contributed by atoms with Crippen LogP contribution in [0.3, 0.4) is 0 Å². The Hall–Kier alpha value is -1.88. The van der Waals surface area contributed by atoms with Crippen LogP contribution in [0.2, 0.25) is 0 Å². The minimum absolute atomic E-state index is 0.120. The zero-order valence-electron chi connectivity index (χ0n) is 11.8. The van der Waals surface area contributed by atoms with Crippen molar-refractivity contribution in [3.8, 4) is 0 Å². The molecule has 1 amide bonds. The minimum atomic E-state index is -0.888. The van der Waals surface area contributed by atoms with E-state index in [1.54, 1.807) is 12.1 Å². The van der Waals surface area contributed by atoms with E-state index in [4.69, 9.17) is 9.84 Å². The summed E-state index contributed by atoms with van der Waals surface area (Å²) in [4.78, 5) is 23.1. The van der Waals surface area contributed by atoms with Crippen molar-refractivity contribution in [2.75, 3.05) is 13.7 Å². The Labute approximate surface area is 118 Å². The normalized spacial score (nSPS) is 13.5. The molecule has 0 aliphatic rings. The van der Waals surface area contributed by atoms with Crippen LogP contribution < -0.4 is 5.32 Å². The third kappa shape index (κ3) is 4.66. The van der Waals surface area contributed by atoms with Gasteiger partial charge in [0.15, 0.2) is 6.10 Å². The summed E-state index contributed by atoms with van der Waals surface area (Å²) >= 11 is 0. The predicted octanol–water partition coefficient (Wildman–Crippen LogP) is 1.99. The van der Waals surface area contributed by atoms with Gasteiger partial charge < -0.3 is 15.2 Å². The summed E-state index contributed by atoms with van der Waals surface area (Å²) in [5, 5.41) is 11.7. The third-order valence-corrected chi connectivity index (χ3v) is 3.09. The van der Waals surface area contributed by atoms with E-state index in [0.29, 0.717) is 6.42 Å². The molecular formula is C15H21NO4. The highest BCUT2D eigenvalue weighted by atomic mass is 16.5. The Morgan fingerprint density at radius 2 is 1.95 bits per heavy atom. The van der Waals surface area contributed by atoms with Gasteiger partial charge in [-0.2, -0.15) is 0 Å². The number of carbonyl (C=O) groups is 2. The molecule has 2 unspecified atom stereocenters. The van der Waals surface area contributed by atoms with Gasteiger partial charge in [0.05, 0.1) is 5.92 Å². The third-order valence-electron chi connectivity index (χ3n) is 3.09. The molecule has 5 heteroatoms. The zero-order chi connectivity index (χ0) is 15.0. The van der Waals surface area contributed by atoms with Crippen molar-refractivity contribution >= 4 is 11.9 Å². The maximum atomic E-state index is 12.1. The minimum Gasteiger partial charge on any atom is -0.481 e. The molecule has 1 aromatic rings. The van der Waals surface area contributed by atoms with Crippen molar-refractivity contribution in [1.82, 2.24) is 5.32 Å². The zero-order valence-corrected chi connectivity index (χ0v) is 11.8. The van der Waals surface area contributed by atoms with E-state index >= 15 is 0 Å². The second-order valence-corrected chi connectivity index (χ2v) is 4.60. The number of ether oxygens (including phenoxy) is 1. The molecule has 1 aromatic carbocycles. The van der Waals surface area contributed by atoms with Crippen LogP contribution in [0.15, 0.2) is 30.3 Å². The molecule has 0 aliphatic carbocycles. The molecule has 0 heterocycles. The lowest BCUT2D eigenvalue weighted by Crippen LogP contribution is -2.36. The average molecular weight is 279 g/mol. The quantitative estimate of drug-likeness (QED) is 0.763. The second kappa shape index (κ2) is 8.32. The number of hydrogen-bond acceptors (Lipinski definition) is 3. The number of carboxylic acids is 1. The molecular weight excluding hydrogens is 258 g/mol. The first-order valence-electron chi connectivity index (χ1n) is 6.68. The van der Waals surface area contributed by atoms with Crippen LogP contribution >= 0.6 is 0 Å². The Balaban J connectivity index is 2.62. The number of amides is 1. The molecule has 0 aromatic heterocycles. The van der Waals surface area contributed by atoms with Gasteiger partial charge >= 0.3 is 5.97 Å². The lowest BCUT2D eigenvalue weighted by molar-refractivity contribution is -0.142. The number of carbonyl (C=O) groups excluding carboxylic acids is 1. The number of rotatable bonds is 8. The van der Waals surface area contributed by atoms with Crippen molar-refractivity contribution in [3.05, 3.63) is 35.9 Å². The van der Waals surface area contributed by atoms with Crippen molar-refractivity contribution in [3.63, 3.8) is 0 Å². The Kier molecular flexibility index (Phi) is 6.73. The highest BCUT2D eigenvalue weighted by Crippen LogP contribution is 2.16. The monoisotopic (exact) mass is 279 g/mol. The topological polar surface area (TPSA) is 75.6 Å². The molecule has 0 bridgehead atoms. The molecule has 0 radical (unpaired) electrons. The van der Waals surface area contributed by atoms with E-state index in [1.165, 1.54) is 7.11 Å². The highest BCUT2D eigenvalue weighted by molar-refractivity contribution is 5.82. The molecule has 5 nitrogen and oxygen atoms in total. The van der Waals surface area contributed by atoms with Crippen molar-refractivity contribution < 1.29 is 19.4 Å². The Morgan fingerprint density at radius 3 is 2.45 bits per heavy atom. The highest BCUT2D eigenvalue weighted by Gasteiger charge is 2.22. The van der Waals surface area contributed by atoms with Gasteiger partial charge in [-0.1, -0.05) is 43.7 Å². The Bertz CT molecular complexity index is 433. The summed E-state index contributed by atoms with van der Waals surface area (Å²) in [7, 11) is 1.46. The first-order chi connectivity index (χ1) is 9.60. The molecule has 2 N–H and O–H groups in total. The maximum absolute atomic E-state index is 12.1. The van der Waals surface area contributed by atoms with Gasteiger partial charge in [-0.3, -0.25) is 9.59 Å². The van der Waals surface area contributed by atoms with Crippen LogP contribution in [0.4, 0.5) is 0 Å². The molecule has 0 aliphatic heterocycles. The summed E-state index contributed by atoms with van der Waals surface area (Å²) in [5.74, 6) is -1.76. The summed E-state index contributed by atoms with van der Waals surface area (Å²) in [6, 6.07) is 9.11. The first-order valence-corrected chi connectivity index (χ1v) is 6.68. The maximum Gasteiger partial charge on any atom is 0.308 e. The lowest BCUT2D eigenvalue weighted by atomic mass is 10.0. The molecule has 110 valence electrons. The largest absolute Gasteiger partial charge is 0.481 e. The number of aliphatic carboxylic acids is 1. The van der Waals surface area contributed by atoms with E-state index in [-0.39, 0.29) is 12.5 Å². The number of hydrogen-bond donors (Lipinski definition) is 2. The molecule has 0 fully saturated rings. The summed E-state index contributed by atoms with van der Waals surface area (Å²) in [6.07, 6.45) is 0.588. The van der Waals surface area contributed by atoms with Gasteiger partial charge in [0.2, 0.25) is 0 Å². The molecule has 20 heavy (non-hydrogen) atoms. The number of carboxylic acid groups (broad SMARTS) is 1. The van der Waals surface area contributed by atoms with E-state index in [2.05, 4.69) is 5.32 Å². The molecule has 0 saturated heterocycles. The van der Waals surface area contributed by atoms with Gasteiger partial charge in [0, 0.05) is 13.7 Å². The fraction of sp³-hybridized carbons (Fsp3) is 0.467. The summed E-state index contributed by atoms with van der Waals surface area (Å²) < 4.78 is 5.19. The van der Waals surface area contributed by atoms with Crippen molar-refractivity contribution in [2.24, 2.45) is 5.92 Å². The number of nitrogens with one attached hydrogen (secondary N) is 1. The fourth-order valence-electron chi connectivity index (χ4n) is 2.00. The molecule has 0 spiro atoms. The predicted molar refractivity (Wildman–Crippen MR) is 75.2 cm³/mol. The lowest BCUT2D eigenvalue weighted by Gasteiger charge is -2.17. The van der Waals surface area contributed by atoms with Crippen molar-refractivity contribution in [1.29, 1.82) is 0 Å². The standard InChI is InChI=1S/C15H21NO4/c1-3-7-12(15(18)19)10-16-14(17)13(20-2)11-8-5-4-6-9-11/h4-6,8-9,12-13H,3,7,10H2,1-2H3,(H,16,17)(H,18,19). The number of methoxy groups -OCH3 is 1. The molecule has 2 atom stereocenters. The van der Waals surface area contributed by atoms with Crippen molar-refractivity contribution in [2.45, 2.75) is 25.9 Å². The van der Waals surface area contributed by atoms with Crippen LogP contribution in [0, 0.1) is 5.92 Å². The van der Waals surface area contributed by atoms with Crippen LogP contribution in [-0.4, -0.2) is 30.6 Å². The average Bonchev–Trinajstić information content (AvgIpc) is 2.45. The van der Waals surface area contributed by atoms with Crippen LogP contribution in [-0.2, 0) is 14.3 Å². The second-order valence-electron chi connectivity index (χ2n) is 4.60. The van der Waals surface area contributed by atoms with Gasteiger partial charge in [-0.05, 0) is 12.0 Å². The summed E-state index contributed by atoms with van der Waals surface area (Å²) in [5.41, 5.74) is 0.745. The van der Waals surface area contributed by atoms with Crippen LogP contribution in [0.5, 0.6) is 0 Å².